The van der Waals surface area contributed by atoms with Gasteiger partial charge in [-0.1, -0.05) is 19.1 Å². The standard InChI is InChI=1S/C27H26F2N2O5S/c1-2-20-13-21(25(33)17-5-9-19(10-6-17)36-15-28)26(37-20)30-24(32)14-31-22(11-12-23(31)27(34)35)16-3-7-18(29)8-4-16/h3-10,13,22-23H,2,11-12,14-15H2,1H3,(H,30,32)(H,34,35)/t22-,23-/m1/s1. The van der Waals surface area contributed by atoms with Gasteiger partial charge in [0.05, 0.1) is 12.1 Å². The largest absolute Gasteiger partial charge is 0.480 e. The molecule has 2 atom stereocenters. The van der Waals surface area contributed by atoms with E-state index in [-0.39, 0.29) is 18.4 Å². The number of hydrogen-bond donors (Lipinski definition) is 2. The number of rotatable bonds is 10. The zero-order chi connectivity index (χ0) is 26.5. The fourth-order valence-corrected chi connectivity index (χ4v) is 5.53. The van der Waals surface area contributed by atoms with Crippen molar-refractivity contribution < 1.29 is 33.0 Å². The molecule has 1 aliphatic heterocycles. The number of aliphatic carboxylic acids is 1. The molecule has 0 spiro atoms. The minimum absolute atomic E-state index is 0.207. The molecule has 1 saturated heterocycles. The summed E-state index contributed by atoms with van der Waals surface area (Å²) in [5, 5.41) is 12.9. The van der Waals surface area contributed by atoms with Crippen LogP contribution in [-0.2, 0) is 16.0 Å². The number of carboxylic acid groups (broad SMARTS) is 1. The first kappa shape index (κ1) is 26.4. The van der Waals surface area contributed by atoms with Gasteiger partial charge in [-0.2, -0.15) is 0 Å². The van der Waals surface area contributed by atoms with Crippen LogP contribution < -0.4 is 10.1 Å². The van der Waals surface area contributed by atoms with Gasteiger partial charge in [-0.3, -0.25) is 19.3 Å². The molecular formula is C27H26F2N2O5S. The maximum Gasteiger partial charge on any atom is 0.320 e. The molecule has 4 rings (SSSR count). The van der Waals surface area contributed by atoms with Gasteiger partial charge in [0.1, 0.15) is 22.6 Å². The third-order valence-corrected chi connectivity index (χ3v) is 7.54. The van der Waals surface area contributed by atoms with E-state index >= 15 is 0 Å². The Hall–Kier alpha value is -3.63. The van der Waals surface area contributed by atoms with Gasteiger partial charge >= 0.3 is 5.97 Å². The summed E-state index contributed by atoms with van der Waals surface area (Å²) in [6.45, 7) is 0.751. The number of likely N-dealkylation sites (tertiary alicyclic amines) is 1. The van der Waals surface area contributed by atoms with Crippen molar-refractivity contribution in [2.75, 3.05) is 18.7 Å². The molecule has 0 bridgehead atoms. The first-order valence-corrected chi connectivity index (χ1v) is 12.6. The number of anilines is 1. The molecule has 2 N–H and O–H groups in total. The minimum Gasteiger partial charge on any atom is -0.480 e. The van der Waals surface area contributed by atoms with Crippen molar-refractivity contribution in [2.45, 2.75) is 38.3 Å². The summed E-state index contributed by atoms with van der Waals surface area (Å²) in [7, 11) is 0. The van der Waals surface area contributed by atoms with Crippen LogP contribution in [0.2, 0.25) is 0 Å². The highest BCUT2D eigenvalue weighted by molar-refractivity contribution is 7.16. The number of amides is 1. The van der Waals surface area contributed by atoms with E-state index in [9.17, 15) is 28.3 Å². The molecule has 0 unspecified atom stereocenters. The van der Waals surface area contributed by atoms with Crippen molar-refractivity contribution >= 4 is 34.0 Å². The average molecular weight is 529 g/mol. The Bertz CT molecular complexity index is 1280. The Balaban J connectivity index is 1.54. The molecule has 37 heavy (non-hydrogen) atoms. The van der Waals surface area contributed by atoms with E-state index in [1.165, 1.54) is 47.7 Å². The van der Waals surface area contributed by atoms with Crippen LogP contribution in [0.25, 0.3) is 0 Å². The molecule has 0 radical (unpaired) electrons. The fraction of sp³-hybridized carbons (Fsp3) is 0.296. The molecule has 0 aliphatic carbocycles. The number of alkyl halides is 1. The van der Waals surface area contributed by atoms with Crippen LogP contribution in [0.1, 0.15) is 52.2 Å². The number of ether oxygens (including phenoxy) is 1. The van der Waals surface area contributed by atoms with E-state index in [1.54, 1.807) is 23.1 Å². The lowest BCUT2D eigenvalue weighted by Crippen LogP contribution is -2.42. The quantitative estimate of drug-likeness (QED) is 0.351. The Morgan fingerprint density at radius 3 is 2.43 bits per heavy atom. The number of benzene rings is 2. The van der Waals surface area contributed by atoms with E-state index in [4.69, 9.17) is 4.74 Å². The number of carbonyl (C=O) groups excluding carboxylic acids is 2. The van der Waals surface area contributed by atoms with Crippen LogP contribution in [-0.4, -0.2) is 47.1 Å². The van der Waals surface area contributed by atoms with Crippen molar-refractivity contribution in [1.82, 2.24) is 4.90 Å². The summed E-state index contributed by atoms with van der Waals surface area (Å²) < 4.78 is 30.6. The second-order valence-electron chi connectivity index (χ2n) is 8.64. The zero-order valence-corrected chi connectivity index (χ0v) is 20.9. The Morgan fingerprint density at radius 2 is 1.81 bits per heavy atom. The minimum atomic E-state index is -1.03. The lowest BCUT2D eigenvalue weighted by Gasteiger charge is -2.27. The van der Waals surface area contributed by atoms with Crippen LogP contribution >= 0.6 is 11.3 Å². The smallest absolute Gasteiger partial charge is 0.320 e. The van der Waals surface area contributed by atoms with Gasteiger partial charge in [0, 0.05) is 16.5 Å². The van der Waals surface area contributed by atoms with Crippen molar-refractivity contribution in [2.24, 2.45) is 0 Å². The lowest BCUT2D eigenvalue weighted by atomic mass is 10.0. The van der Waals surface area contributed by atoms with Crippen LogP contribution in [0.3, 0.4) is 0 Å². The van der Waals surface area contributed by atoms with Crippen LogP contribution in [0.15, 0.2) is 54.6 Å². The Morgan fingerprint density at radius 1 is 1.11 bits per heavy atom. The molecule has 2 heterocycles. The van der Waals surface area contributed by atoms with Crippen molar-refractivity contribution in [1.29, 1.82) is 0 Å². The molecule has 2 aromatic carbocycles. The summed E-state index contributed by atoms with van der Waals surface area (Å²) in [5.74, 6) is -1.90. The van der Waals surface area contributed by atoms with Gasteiger partial charge in [-0.25, -0.2) is 8.78 Å². The molecule has 1 amide bonds. The highest BCUT2D eigenvalue weighted by Gasteiger charge is 2.39. The summed E-state index contributed by atoms with van der Waals surface area (Å²) in [5.41, 5.74) is 1.41. The third kappa shape index (κ3) is 6.03. The van der Waals surface area contributed by atoms with Gasteiger partial charge in [-0.15, -0.1) is 11.3 Å². The highest BCUT2D eigenvalue weighted by Crippen LogP contribution is 2.37. The second-order valence-corrected chi connectivity index (χ2v) is 9.77. The number of carboxylic acids is 1. The summed E-state index contributed by atoms with van der Waals surface area (Å²) in [4.78, 5) is 40.7. The van der Waals surface area contributed by atoms with Crippen LogP contribution in [0.4, 0.5) is 13.8 Å². The maximum absolute atomic E-state index is 13.4. The SMILES string of the molecule is CCc1cc(C(=O)c2ccc(OCF)cc2)c(NC(=O)CN2[C@@H](C(=O)O)CC[C@@H]2c2ccc(F)cc2)s1. The van der Waals surface area contributed by atoms with Crippen molar-refractivity contribution in [3.05, 3.63) is 82.0 Å². The molecule has 0 saturated carbocycles. The van der Waals surface area contributed by atoms with E-state index in [0.29, 0.717) is 41.1 Å². The van der Waals surface area contributed by atoms with Crippen molar-refractivity contribution in [3.63, 3.8) is 0 Å². The van der Waals surface area contributed by atoms with Gasteiger partial charge < -0.3 is 15.2 Å². The number of halogens is 2. The van der Waals surface area contributed by atoms with E-state index in [2.05, 4.69) is 5.32 Å². The van der Waals surface area contributed by atoms with Crippen LogP contribution in [0, 0.1) is 5.82 Å². The number of nitrogens with one attached hydrogen (secondary N) is 1. The third-order valence-electron chi connectivity index (χ3n) is 6.35. The summed E-state index contributed by atoms with van der Waals surface area (Å²) in [6, 6.07) is 12.4. The average Bonchev–Trinajstić information content (AvgIpc) is 3.49. The molecule has 3 aromatic rings. The Kier molecular flexibility index (Phi) is 8.30. The molecule has 1 aromatic heterocycles. The predicted molar refractivity (Wildman–Crippen MR) is 135 cm³/mol. The number of ketones is 1. The molecule has 10 heteroatoms. The number of hydrogen-bond acceptors (Lipinski definition) is 6. The topological polar surface area (TPSA) is 95.9 Å². The van der Waals surface area contributed by atoms with E-state index < -0.39 is 30.6 Å². The second kappa shape index (κ2) is 11.6. The molecule has 1 aliphatic rings. The molecular weight excluding hydrogens is 502 g/mol. The van der Waals surface area contributed by atoms with Gasteiger partial charge in [0.15, 0.2) is 5.78 Å². The van der Waals surface area contributed by atoms with Crippen molar-refractivity contribution in [3.8, 4) is 5.75 Å². The number of thiophene rings is 1. The number of aryl methyl sites for hydroxylation is 1. The van der Waals surface area contributed by atoms with Gasteiger partial charge in [-0.05, 0) is 67.3 Å². The summed E-state index contributed by atoms with van der Waals surface area (Å²) in [6.07, 6.45) is 1.53. The normalized spacial score (nSPS) is 17.5. The van der Waals surface area contributed by atoms with Crippen LogP contribution in [0.5, 0.6) is 5.75 Å². The summed E-state index contributed by atoms with van der Waals surface area (Å²) >= 11 is 1.28. The highest BCUT2D eigenvalue weighted by atomic mass is 32.1. The molecule has 7 nitrogen and oxygen atoms in total. The monoisotopic (exact) mass is 528 g/mol. The molecule has 194 valence electrons. The number of carbonyl (C=O) groups is 3. The first-order valence-electron chi connectivity index (χ1n) is 11.8. The van der Waals surface area contributed by atoms with E-state index in [1.807, 2.05) is 6.92 Å². The predicted octanol–water partition coefficient (Wildman–Crippen LogP) is 5.22. The zero-order valence-electron chi connectivity index (χ0n) is 20.1. The maximum atomic E-state index is 13.4. The van der Waals surface area contributed by atoms with Gasteiger partial charge in [0.2, 0.25) is 12.8 Å². The van der Waals surface area contributed by atoms with E-state index in [0.717, 1.165) is 10.4 Å². The molecule has 1 fully saturated rings. The Labute approximate surface area is 216 Å². The first-order chi connectivity index (χ1) is 17.8. The lowest BCUT2D eigenvalue weighted by molar-refractivity contribution is -0.143. The number of nitrogens with zero attached hydrogens (tertiary/aromatic N) is 1. The fourth-order valence-electron chi connectivity index (χ4n) is 4.52. The van der Waals surface area contributed by atoms with Gasteiger partial charge in [0.25, 0.3) is 0 Å².